The first-order valence-corrected chi connectivity index (χ1v) is 5.82. The molecule has 3 aliphatic rings. The van der Waals surface area contributed by atoms with Gasteiger partial charge in [0.05, 0.1) is 0 Å². The average Bonchev–Trinajstić information content (AvgIpc) is 2.85. The molecule has 0 aromatic heterocycles. The van der Waals surface area contributed by atoms with Crippen LogP contribution in [-0.2, 0) is 0 Å². The number of hydrogen-bond acceptors (Lipinski definition) is 0. The van der Waals surface area contributed by atoms with E-state index in [1.54, 1.807) is 0 Å². The molecule has 0 aromatic rings. The Morgan fingerprint density at radius 1 is 0.538 bits per heavy atom. The van der Waals surface area contributed by atoms with Crippen molar-refractivity contribution in [2.75, 3.05) is 0 Å². The molecule has 0 radical (unpaired) electrons. The molecule has 13 heavy (non-hydrogen) atoms. The van der Waals surface area contributed by atoms with Crippen molar-refractivity contribution < 1.29 is 0 Å². The maximum Gasteiger partial charge on any atom is -0.00445 e. The molecule has 2 bridgehead atoms. The highest BCUT2D eigenvalue weighted by Crippen LogP contribution is 2.31. The maximum atomic E-state index is 2.30. The summed E-state index contributed by atoms with van der Waals surface area (Å²) in [6, 6.07) is 0. The van der Waals surface area contributed by atoms with Crippen LogP contribution in [0, 0.1) is 11.8 Å². The third-order valence-corrected chi connectivity index (χ3v) is 3.26. The van der Waals surface area contributed by atoms with E-state index in [0.717, 1.165) is 11.8 Å². The Bertz CT molecular complexity index is 157. The smallest absolute Gasteiger partial charge is 0.00445 e. The van der Waals surface area contributed by atoms with Crippen molar-refractivity contribution in [1.29, 1.82) is 0 Å². The van der Waals surface area contributed by atoms with Gasteiger partial charge in [-0.2, -0.15) is 0 Å². The summed E-state index contributed by atoms with van der Waals surface area (Å²) in [5.41, 5.74) is 0. The number of fused-ring (bicyclic) bond motifs is 2. The van der Waals surface area contributed by atoms with Crippen LogP contribution >= 0.6 is 0 Å². The van der Waals surface area contributed by atoms with Gasteiger partial charge in [0.2, 0.25) is 0 Å². The van der Waals surface area contributed by atoms with Gasteiger partial charge in [-0.3, -0.25) is 0 Å². The number of rotatable bonds is 0. The largest absolute Gasteiger partial charge is 0.0810 e. The van der Waals surface area contributed by atoms with Gasteiger partial charge >= 0.3 is 0 Å². The van der Waals surface area contributed by atoms with Crippen molar-refractivity contribution >= 4 is 0 Å². The van der Waals surface area contributed by atoms with Crippen molar-refractivity contribution in [3.63, 3.8) is 0 Å². The summed E-state index contributed by atoms with van der Waals surface area (Å²) in [7, 11) is 0. The van der Waals surface area contributed by atoms with Crippen LogP contribution in [0.25, 0.3) is 0 Å². The third-order valence-electron chi connectivity index (χ3n) is 3.26. The van der Waals surface area contributed by atoms with Gasteiger partial charge in [0, 0.05) is 0 Å². The fourth-order valence-corrected chi connectivity index (χ4v) is 2.39. The van der Waals surface area contributed by atoms with E-state index >= 15 is 0 Å². The summed E-state index contributed by atoms with van der Waals surface area (Å²) in [6.07, 6.45) is 19.5. The fourth-order valence-electron chi connectivity index (χ4n) is 2.39. The Kier molecular flexibility index (Phi) is 3.23. The molecule has 72 valence electrons. The monoisotopic (exact) mass is 176 g/mol. The lowest BCUT2D eigenvalue weighted by Crippen LogP contribution is -1.85. The molecule has 1 saturated carbocycles. The molecule has 0 N–H and O–H groups in total. The number of allylic oxidation sites excluding steroid dienone is 4. The van der Waals surface area contributed by atoms with Gasteiger partial charge in [0.1, 0.15) is 0 Å². The molecule has 0 atom stereocenters. The molecular weight excluding hydrogens is 156 g/mol. The molecule has 3 rings (SSSR count). The van der Waals surface area contributed by atoms with Gasteiger partial charge < -0.3 is 0 Å². The van der Waals surface area contributed by atoms with Crippen LogP contribution in [0.1, 0.15) is 44.9 Å². The highest BCUT2D eigenvalue weighted by Gasteiger charge is 2.19. The zero-order chi connectivity index (χ0) is 8.93. The highest BCUT2D eigenvalue weighted by atomic mass is 14.2. The van der Waals surface area contributed by atoms with Crippen LogP contribution in [0.2, 0.25) is 0 Å². The van der Waals surface area contributed by atoms with E-state index in [0.29, 0.717) is 0 Å². The van der Waals surface area contributed by atoms with Gasteiger partial charge in [0.25, 0.3) is 0 Å². The first-order valence-electron chi connectivity index (χ1n) is 5.82. The summed E-state index contributed by atoms with van der Waals surface area (Å²) in [6.45, 7) is 0. The molecule has 1 fully saturated rings. The second-order valence-electron chi connectivity index (χ2n) is 4.45. The third kappa shape index (κ3) is 2.72. The van der Waals surface area contributed by atoms with E-state index in [1.165, 1.54) is 44.9 Å². The van der Waals surface area contributed by atoms with Crippen LogP contribution < -0.4 is 0 Å². The molecule has 0 spiro atoms. The van der Waals surface area contributed by atoms with Gasteiger partial charge in [-0.05, 0) is 18.3 Å². The van der Waals surface area contributed by atoms with Gasteiger partial charge in [-0.1, -0.05) is 62.8 Å². The molecule has 0 amide bonds. The van der Waals surface area contributed by atoms with E-state index in [2.05, 4.69) is 24.3 Å². The molecular formula is C13H20. The Morgan fingerprint density at radius 2 is 0.846 bits per heavy atom. The molecule has 0 saturated heterocycles. The van der Waals surface area contributed by atoms with Gasteiger partial charge in [-0.15, -0.1) is 0 Å². The molecule has 0 nitrogen and oxygen atoms in total. The lowest BCUT2D eigenvalue weighted by molar-refractivity contribution is 0.504. The van der Waals surface area contributed by atoms with Crippen molar-refractivity contribution in [3.8, 4) is 0 Å². The quantitative estimate of drug-likeness (QED) is 0.488. The first-order chi connectivity index (χ1) is 6.45. The van der Waals surface area contributed by atoms with Crippen LogP contribution in [0.4, 0.5) is 0 Å². The summed E-state index contributed by atoms with van der Waals surface area (Å²) in [5.74, 6) is 1.62. The Morgan fingerprint density at radius 3 is 1.00 bits per heavy atom. The lowest BCUT2D eigenvalue weighted by Gasteiger charge is -2.05. The summed E-state index contributed by atoms with van der Waals surface area (Å²) >= 11 is 0. The average molecular weight is 176 g/mol. The van der Waals surface area contributed by atoms with E-state index in [-0.39, 0.29) is 0 Å². The minimum absolute atomic E-state index is 0.810. The maximum absolute atomic E-state index is 2.30. The van der Waals surface area contributed by atoms with Crippen molar-refractivity contribution in [2.24, 2.45) is 11.8 Å². The van der Waals surface area contributed by atoms with E-state index in [9.17, 15) is 0 Å². The van der Waals surface area contributed by atoms with Gasteiger partial charge in [0.15, 0.2) is 0 Å². The summed E-state index contributed by atoms with van der Waals surface area (Å²) in [5, 5.41) is 0. The van der Waals surface area contributed by atoms with Crippen molar-refractivity contribution in [2.45, 2.75) is 44.9 Å². The van der Waals surface area contributed by atoms with E-state index in [4.69, 9.17) is 0 Å². The molecule has 3 aliphatic carbocycles. The van der Waals surface area contributed by atoms with Gasteiger partial charge in [-0.25, -0.2) is 0 Å². The lowest BCUT2D eigenvalue weighted by atomic mass is 10.0. The van der Waals surface area contributed by atoms with E-state index in [1.807, 2.05) is 0 Å². The molecule has 0 heteroatoms. The van der Waals surface area contributed by atoms with Crippen LogP contribution in [0.15, 0.2) is 24.3 Å². The summed E-state index contributed by atoms with van der Waals surface area (Å²) in [4.78, 5) is 0. The minimum atomic E-state index is 0.810. The highest BCUT2D eigenvalue weighted by molar-refractivity contribution is 5.21. The normalized spacial score (nSPS) is 34.5. The zero-order valence-electron chi connectivity index (χ0n) is 8.41. The Hall–Kier alpha value is -0.520. The molecule has 0 aromatic carbocycles. The van der Waals surface area contributed by atoms with E-state index < -0.39 is 0 Å². The Balaban J connectivity index is 0.000000102. The standard InChI is InChI=1S/C7H8.C6H12/c1-2-7-4-3-6(1)5-7;1-2-4-6-5-3-1/h1-4,6-7H,5H2;1-6H2. The topological polar surface area (TPSA) is 0 Å². The van der Waals surface area contributed by atoms with Crippen LogP contribution in [-0.4, -0.2) is 0 Å². The van der Waals surface area contributed by atoms with Crippen molar-refractivity contribution in [3.05, 3.63) is 24.3 Å². The fraction of sp³-hybridized carbons (Fsp3) is 0.692. The predicted octanol–water partition coefficient (Wildman–Crippen LogP) is 4.09. The number of hydrogen-bond donors (Lipinski definition) is 0. The van der Waals surface area contributed by atoms with Crippen molar-refractivity contribution in [1.82, 2.24) is 0 Å². The molecule has 0 heterocycles. The first kappa shape index (κ1) is 9.05. The minimum Gasteiger partial charge on any atom is -0.0810 e. The SMILES string of the molecule is C1=CC2C=CC1C2.C1CCCCC1. The second-order valence-corrected chi connectivity index (χ2v) is 4.45. The van der Waals surface area contributed by atoms with Crippen LogP contribution in [0.3, 0.4) is 0 Å². The Labute approximate surface area is 81.7 Å². The zero-order valence-corrected chi connectivity index (χ0v) is 8.41. The summed E-state index contributed by atoms with van der Waals surface area (Å²) < 4.78 is 0. The molecule has 0 aliphatic heterocycles. The second kappa shape index (κ2) is 4.64. The van der Waals surface area contributed by atoms with Crippen LogP contribution in [0.5, 0.6) is 0 Å². The molecule has 0 unspecified atom stereocenters. The predicted molar refractivity (Wildman–Crippen MR) is 57.6 cm³/mol.